The van der Waals surface area contributed by atoms with Gasteiger partial charge in [-0.1, -0.05) is 11.6 Å². The molecule has 1 aromatic heterocycles. The Kier molecular flexibility index (Phi) is 5.41. The average Bonchev–Trinajstić information content (AvgIpc) is 2.91. The smallest absolute Gasteiger partial charge is 0.355 e. The van der Waals surface area contributed by atoms with Gasteiger partial charge in [0, 0.05) is 29.5 Å². The van der Waals surface area contributed by atoms with Gasteiger partial charge in [0.25, 0.3) is 5.91 Å². The summed E-state index contributed by atoms with van der Waals surface area (Å²) >= 11 is 5.78. The highest BCUT2D eigenvalue weighted by Crippen LogP contribution is 2.15. The fourth-order valence-electron chi connectivity index (χ4n) is 2.01. The number of Topliss-reactive ketones (excluding diaryl/α,β-unsaturated/α-hetero) is 1. The SMILES string of the molecule is CC(=O)c1cc(C(=O)O[C@@H](C)C(=O)Nc2ccc(Cl)cc2)n(C)c1. The number of nitrogens with zero attached hydrogens (tertiary/aromatic N) is 1. The molecule has 0 aliphatic heterocycles. The van der Waals surface area contributed by atoms with Crippen molar-refractivity contribution >= 4 is 34.9 Å². The Labute approximate surface area is 144 Å². The molecule has 1 atom stereocenters. The van der Waals surface area contributed by atoms with Gasteiger partial charge in [-0.3, -0.25) is 9.59 Å². The van der Waals surface area contributed by atoms with Crippen molar-refractivity contribution in [3.05, 3.63) is 52.8 Å². The van der Waals surface area contributed by atoms with Crippen LogP contribution in [0.15, 0.2) is 36.5 Å². The lowest BCUT2D eigenvalue weighted by Gasteiger charge is -2.13. The molecule has 6 nitrogen and oxygen atoms in total. The van der Waals surface area contributed by atoms with Gasteiger partial charge in [-0.2, -0.15) is 0 Å². The van der Waals surface area contributed by atoms with Crippen molar-refractivity contribution in [1.29, 1.82) is 0 Å². The summed E-state index contributed by atoms with van der Waals surface area (Å²) in [5.74, 6) is -1.30. The predicted molar refractivity (Wildman–Crippen MR) is 90.4 cm³/mol. The number of ketones is 1. The predicted octanol–water partition coefficient (Wildman–Crippen LogP) is 3.07. The van der Waals surface area contributed by atoms with E-state index in [4.69, 9.17) is 16.3 Å². The lowest BCUT2D eigenvalue weighted by molar-refractivity contribution is -0.123. The summed E-state index contributed by atoms with van der Waals surface area (Å²) in [6, 6.07) is 8.01. The van der Waals surface area contributed by atoms with E-state index in [1.54, 1.807) is 31.3 Å². The summed E-state index contributed by atoms with van der Waals surface area (Å²) in [5, 5.41) is 3.18. The normalized spacial score (nSPS) is 11.7. The van der Waals surface area contributed by atoms with Crippen molar-refractivity contribution in [2.45, 2.75) is 20.0 Å². The first kappa shape index (κ1) is 17.7. The standard InChI is InChI=1S/C17H17ClN2O4/c1-10(21)12-8-15(20(3)9-12)17(23)24-11(2)16(22)19-14-6-4-13(18)5-7-14/h4-9,11H,1-3H3,(H,19,22)/t11-/m0/s1. The van der Waals surface area contributed by atoms with Crippen LogP contribution in [0.4, 0.5) is 5.69 Å². The maximum Gasteiger partial charge on any atom is 0.355 e. The molecule has 0 radical (unpaired) electrons. The van der Waals surface area contributed by atoms with Crippen molar-refractivity contribution in [2.75, 3.05) is 5.32 Å². The topological polar surface area (TPSA) is 77.4 Å². The number of esters is 1. The number of carbonyl (C=O) groups excluding carboxylic acids is 3. The minimum Gasteiger partial charge on any atom is -0.448 e. The third-order valence-corrected chi connectivity index (χ3v) is 3.64. The van der Waals surface area contributed by atoms with Gasteiger partial charge >= 0.3 is 5.97 Å². The number of benzene rings is 1. The van der Waals surface area contributed by atoms with Crippen LogP contribution in [0.3, 0.4) is 0 Å². The van der Waals surface area contributed by atoms with Gasteiger partial charge in [-0.15, -0.1) is 0 Å². The molecule has 126 valence electrons. The minimum absolute atomic E-state index is 0.154. The monoisotopic (exact) mass is 348 g/mol. The molecule has 24 heavy (non-hydrogen) atoms. The molecule has 0 saturated carbocycles. The van der Waals surface area contributed by atoms with E-state index >= 15 is 0 Å². The van der Waals surface area contributed by atoms with E-state index in [1.807, 2.05) is 0 Å². The van der Waals surface area contributed by atoms with Gasteiger partial charge in [-0.05, 0) is 44.2 Å². The fraction of sp³-hybridized carbons (Fsp3) is 0.235. The van der Waals surface area contributed by atoms with E-state index in [0.29, 0.717) is 16.3 Å². The molecule has 1 aromatic carbocycles. The first-order chi connectivity index (χ1) is 11.3. The number of amides is 1. The second kappa shape index (κ2) is 7.31. The second-order valence-electron chi connectivity index (χ2n) is 5.32. The Balaban J connectivity index is 2.01. The van der Waals surface area contributed by atoms with E-state index in [1.165, 1.54) is 30.7 Å². The molecular weight excluding hydrogens is 332 g/mol. The molecule has 1 heterocycles. The van der Waals surface area contributed by atoms with Crippen LogP contribution >= 0.6 is 11.6 Å². The van der Waals surface area contributed by atoms with E-state index in [-0.39, 0.29) is 11.5 Å². The van der Waals surface area contributed by atoms with Gasteiger partial charge in [0.2, 0.25) is 0 Å². The van der Waals surface area contributed by atoms with Crippen LogP contribution in [0.25, 0.3) is 0 Å². The number of anilines is 1. The number of rotatable bonds is 5. The Bertz CT molecular complexity index is 780. The summed E-state index contributed by atoms with van der Waals surface area (Å²) in [4.78, 5) is 35.6. The fourth-order valence-corrected chi connectivity index (χ4v) is 2.14. The molecule has 0 fully saturated rings. The number of aromatic nitrogens is 1. The number of halogens is 1. The molecule has 0 saturated heterocycles. The van der Waals surface area contributed by atoms with Crippen LogP contribution in [0.1, 0.15) is 34.7 Å². The zero-order valence-corrected chi connectivity index (χ0v) is 14.3. The first-order valence-electron chi connectivity index (χ1n) is 7.22. The number of nitrogens with one attached hydrogen (secondary N) is 1. The van der Waals surface area contributed by atoms with Crippen LogP contribution in [-0.4, -0.2) is 28.3 Å². The second-order valence-corrected chi connectivity index (χ2v) is 5.76. The molecule has 0 unspecified atom stereocenters. The molecule has 0 bridgehead atoms. The van der Waals surface area contributed by atoms with Crippen molar-refractivity contribution < 1.29 is 19.1 Å². The quantitative estimate of drug-likeness (QED) is 0.665. The van der Waals surface area contributed by atoms with Gasteiger partial charge in [0.15, 0.2) is 11.9 Å². The van der Waals surface area contributed by atoms with Crippen LogP contribution < -0.4 is 5.32 Å². The van der Waals surface area contributed by atoms with E-state index in [9.17, 15) is 14.4 Å². The Morgan fingerprint density at radius 3 is 2.38 bits per heavy atom. The van der Waals surface area contributed by atoms with E-state index in [2.05, 4.69) is 5.32 Å². The summed E-state index contributed by atoms with van der Waals surface area (Å²) in [6.45, 7) is 2.88. The lowest BCUT2D eigenvalue weighted by atomic mass is 10.2. The molecule has 1 N–H and O–H groups in total. The van der Waals surface area contributed by atoms with Gasteiger partial charge in [0.05, 0.1) is 0 Å². The third kappa shape index (κ3) is 4.23. The molecule has 0 aliphatic carbocycles. The number of aryl methyl sites for hydroxylation is 1. The number of hydrogen-bond donors (Lipinski definition) is 1. The van der Waals surface area contributed by atoms with Crippen molar-refractivity contribution in [3.63, 3.8) is 0 Å². The van der Waals surface area contributed by atoms with Crippen LogP contribution in [0.5, 0.6) is 0 Å². The third-order valence-electron chi connectivity index (χ3n) is 3.39. The van der Waals surface area contributed by atoms with Crippen LogP contribution in [0, 0.1) is 0 Å². The summed E-state index contributed by atoms with van der Waals surface area (Å²) < 4.78 is 6.65. The summed E-state index contributed by atoms with van der Waals surface area (Å²) in [7, 11) is 1.63. The van der Waals surface area contributed by atoms with E-state index < -0.39 is 18.0 Å². The number of hydrogen-bond acceptors (Lipinski definition) is 4. The zero-order chi connectivity index (χ0) is 17.9. The summed E-state index contributed by atoms with van der Waals surface area (Å²) in [5.41, 5.74) is 1.15. The molecule has 7 heteroatoms. The lowest BCUT2D eigenvalue weighted by Crippen LogP contribution is -2.30. The highest BCUT2D eigenvalue weighted by molar-refractivity contribution is 6.30. The largest absolute Gasteiger partial charge is 0.448 e. The van der Waals surface area contributed by atoms with Gasteiger partial charge in [-0.25, -0.2) is 4.79 Å². The molecular formula is C17H17ClN2O4. The number of carbonyl (C=O) groups is 3. The maximum atomic E-state index is 12.2. The highest BCUT2D eigenvalue weighted by Gasteiger charge is 2.22. The first-order valence-corrected chi connectivity index (χ1v) is 7.60. The molecule has 2 aromatic rings. The molecule has 0 spiro atoms. The van der Waals surface area contributed by atoms with Crippen molar-refractivity contribution in [1.82, 2.24) is 4.57 Å². The zero-order valence-electron chi connectivity index (χ0n) is 13.5. The Hall–Kier alpha value is -2.60. The molecule has 2 rings (SSSR count). The Morgan fingerprint density at radius 1 is 1.21 bits per heavy atom. The van der Waals surface area contributed by atoms with E-state index in [0.717, 1.165) is 0 Å². The van der Waals surface area contributed by atoms with Crippen molar-refractivity contribution in [3.8, 4) is 0 Å². The van der Waals surface area contributed by atoms with Crippen LogP contribution in [-0.2, 0) is 16.6 Å². The maximum absolute atomic E-state index is 12.2. The van der Waals surface area contributed by atoms with Gasteiger partial charge in [0.1, 0.15) is 5.69 Å². The highest BCUT2D eigenvalue weighted by atomic mass is 35.5. The Morgan fingerprint density at radius 2 is 1.83 bits per heavy atom. The van der Waals surface area contributed by atoms with Gasteiger partial charge < -0.3 is 14.6 Å². The molecule has 1 amide bonds. The average molecular weight is 349 g/mol. The minimum atomic E-state index is -0.996. The number of ether oxygens (including phenoxy) is 1. The summed E-state index contributed by atoms with van der Waals surface area (Å²) in [6.07, 6.45) is 0.543. The van der Waals surface area contributed by atoms with Crippen LogP contribution in [0.2, 0.25) is 5.02 Å². The molecule has 0 aliphatic rings. The van der Waals surface area contributed by atoms with Crippen molar-refractivity contribution in [2.24, 2.45) is 7.05 Å².